The van der Waals surface area contributed by atoms with Gasteiger partial charge in [0.15, 0.2) is 0 Å². The fourth-order valence-corrected chi connectivity index (χ4v) is 1.59. The predicted octanol–water partition coefficient (Wildman–Crippen LogP) is 0.503. The van der Waals surface area contributed by atoms with E-state index in [1.165, 1.54) is 12.1 Å². The molecule has 0 bridgehead atoms. The second-order valence-electron chi connectivity index (χ2n) is 4.25. The maximum atomic E-state index is 12.7. The van der Waals surface area contributed by atoms with Crippen LogP contribution in [-0.4, -0.2) is 41.4 Å². The number of benzene rings is 1. The number of carbonyl (C=O) groups excluding carboxylic acids is 1. The summed E-state index contributed by atoms with van der Waals surface area (Å²) in [4.78, 5) is 21.7. The van der Waals surface area contributed by atoms with Gasteiger partial charge in [-0.05, 0) is 24.1 Å². The molecular formula is C13H17FN2O4. The van der Waals surface area contributed by atoms with Crippen molar-refractivity contribution in [1.82, 2.24) is 10.6 Å². The van der Waals surface area contributed by atoms with E-state index in [9.17, 15) is 19.1 Å². The maximum Gasteiger partial charge on any atom is 0.315 e. The zero-order valence-corrected chi connectivity index (χ0v) is 10.8. The Balaban J connectivity index is 2.40. The molecule has 0 aliphatic rings. The third kappa shape index (κ3) is 6.14. The largest absolute Gasteiger partial charge is 0.481 e. The molecule has 6 nitrogen and oxygen atoms in total. The molecule has 4 N–H and O–H groups in total. The van der Waals surface area contributed by atoms with Gasteiger partial charge in [0.25, 0.3) is 0 Å². The molecule has 0 saturated heterocycles. The Kier molecular flexibility index (Phi) is 6.45. The molecule has 0 aliphatic carbocycles. The molecule has 2 amide bonds. The molecular weight excluding hydrogens is 267 g/mol. The topological polar surface area (TPSA) is 98.7 Å². The molecule has 0 saturated carbocycles. The van der Waals surface area contributed by atoms with E-state index in [2.05, 4.69) is 10.6 Å². The summed E-state index contributed by atoms with van der Waals surface area (Å²) >= 11 is 0. The van der Waals surface area contributed by atoms with E-state index < -0.39 is 18.0 Å². The highest BCUT2D eigenvalue weighted by molar-refractivity contribution is 5.75. The molecule has 1 aromatic carbocycles. The number of hydrogen-bond acceptors (Lipinski definition) is 3. The zero-order valence-electron chi connectivity index (χ0n) is 10.8. The summed E-state index contributed by atoms with van der Waals surface area (Å²) in [5.74, 6) is -1.36. The Morgan fingerprint density at radius 3 is 2.45 bits per heavy atom. The summed E-state index contributed by atoms with van der Waals surface area (Å²) in [6.45, 7) is -0.264. The molecule has 1 aromatic rings. The standard InChI is InChI=1S/C13H17FN2O4/c14-10-3-1-9(2-4-10)7-11(8-17)16-13(20)15-6-5-12(18)19/h1-4,11,17H,5-8H2,(H,18,19)(H2,15,16,20). The zero-order chi connectivity index (χ0) is 15.0. The minimum atomic E-state index is -1.00. The molecule has 20 heavy (non-hydrogen) atoms. The van der Waals surface area contributed by atoms with Gasteiger partial charge in [-0.25, -0.2) is 9.18 Å². The molecule has 1 atom stereocenters. The number of aliphatic hydroxyl groups is 1. The Hall–Kier alpha value is -2.15. The van der Waals surface area contributed by atoms with Gasteiger partial charge >= 0.3 is 12.0 Å². The van der Waals surface area contributed by atoms with Crippen LogP contribution in [0.5, 0.6) is 0 Å². The highest BCUT2D eigenvalue weighted by atomic mass is 19.1. The fraction of sp³-hybridized carbons (Fsp3) is 0.385. The first kappa shape index (κ1) is 15.9. The number of aliphatic carboxylic acids is 1. The van der Waals surface area contributed by atoms with Crippen molar-refractivity contribution in [2.45, 2.75) is 18.9 Å². The van der Waals surface area contributed by atoms with Crippen molar-refractivity contribution in [3.05, 3.63) is 35.6 Å². The van der Waals surface area contributed by atoms with Gasteiger partial charge in [-0.2, -0.15) is 0 Å². The van der Waals surface area contributed by atoms with Crippen LogP contribution in [0.2, 0.25) is 0 Å². The van der Waals surface area contributed by atoms with Crippen LogP contribution in [0.3, 0.4) is 0 Å². The van der Waals surface area contributed by atoms with Crippen molar-refractivity contribution in [3.63, 3.8) is 0 Å². The van der Waals surface area contributed by atoms with Crippen LogP contribution >= 0.6 is 0 Å². The second kappa shape index (κ2) is 8.11. The maximum absolute atomic E-state index is 12.7. The Bertz CT molecular complexity index is 450. The Morgan fingerprint density at radius 1 is 1.25 bits per heavy atom. The van der Waals surface area contributed by atoms with Crippen molar-refractivity contribution in [2.24, 2.45) is 0 Å². The molecule has 0 spiro atoms. The van der Waals surface area contributed by atoms with Crippen LogP contribution in [0.15, 0.2) is 24.3 Å². The number of nitrogens with one attached hydrogen (secondary N) is 2. The van der Waals surface area contributed by atoms with Gasteiger partial charge < -0.3 is 20.8 Å². The summed E-state index contributed by atoms with van der Waals surface area (Å²) in [5.41, 5.74) is 0.774. The molecule has 0 radical (unpaired) electrons. The van der Waals surface area contributed by atoms with E-state index in [-0.39, 0.29) is 25.4 Å². The number of urea groups is 1. The van der Waals surface area contributed by atoms with Gasteiger partial charge in [-0.15, -0.1) is 0 Å². The molecule has 110 valence electrons. The van der Waals surface area contributed by atoms with Gasteiger partial charge in [0.2, 0.25) is 0 Å². The van der Waals surface area contributed by atoms with Gasteiger partial charge in [0.05, 0.1) is 19.1 Å². The average molecular weight is 284 g/mol. The van der Waals surface area contributed by atoms with E-state index >= 15 is 0 Å². The predicted molar refractivity (Wildman–Crippen MR) is 69.8 cm³/mol. The molecule has 1 rings (SSSR count). The first-order valence-electron chi connectivity index (χ1n) is 6.12. The lowest BCUT2D eigenvalue weighted by molar-refractivity contribution is -0.136. The quantitative estimate of drug-likeness (QED) is 0.586. The van der Waals surface area contributed by atoms with Gasteiger partial charge in [-0.1, -0.05) is 12.1 Å². The van der Waals surface area contributed by atoms with E-state index in [0.29, 0.717) is 6.42 Å². The molecule has 1 unspecified atom stereocenters. The number of carboxylic acids is 1. The van der Waals surface area contributed by atoms with E-state index in [1.807, 2.05) is 0 Å². The molecule has 0 aromatic heterocycles. The Morgan fingerprint density at radius 2 is 1.90 bits per heavy atom. The number of carbonyl (C=O) groups is 2. The number of amides is 2. The van der Waals surface area contributed by atoms with Crippen molar-refractivity contribution in [1.29, 1.82) is 0 Å². The molecule has 0 fully saturated rings. The lowest BCUT2D eigenvalue weighted by atomic mass is 10.1. The summed E-state index contributed by atoms with van der Waals surface area (Å²) < 4.78 is 12.7. The lowest BCUT2D eigenvalue weighted by Crippen LogP contribution is -2.45. The monoisotopic (exact) mass is 284 g/mol. The highest BCUT2D eigenvalue weighted by Gasteiger charge is 2.12. The summed E-state index contributed by atoms with van der Waals surface area (Å²) in [7, 11) is 0. The van der Waals surface area contributed by atoms with Crippen molar-refractivity contribution in [2.75, 3.05) is 13.2 Å². The van der Waals surface area contributed by atoms with Crippen LogP contribution in [-0.2, 0) is 11.2 Å². The first-order valence-corrected chi connectivity index (χ1v) is 6.12. The summed E-state index contributed by atoms with van der Waals surface area (Å²) in [6.07, 6.45) is 0.179. The van der Waals surface area contributed by atoms with Crippen LogP contribution in [0.1, 0.15) is 12.0 Å². The van der Waals surface area contributed by atoms with Crippen molar-refractivity contribution >= 4 is 12.0 Å². The highest BCUT2D eigenvalue weighted by Crippen LogP contribution is 2.05. The summed E-state index contributed by atoms with van der Waals surface area (Å²) in [6, 6.07) is 4.68. The van der Waals surface area contributed by atoms with Gasteiger partial charge in [0, 0.05) is 6.54 Å². The van der Waals surface area contributed by atoms with E-state index in [1.54, 1.807) is 12.1 Å². The number of rotatable bonds is 7. The SMILES string of the molecule is O=C(O)CCNC(=O)NC(CO)Cc1ccc(F)cc1. The third-order valence-corrected chi connectivity index (χ3v) is 2.58. The van der Waals surface area contributed by atoms with E-state index in [0.717, 1.165) is 5.56 Å². The van der Waals surface area contributed by atoms with Crippen LogP contribution in [0, 0.1) is 5.82 Å². The summed E-state index contributed by atoms with van der Waals surface area (Å²) in [5, 5.41) is 22.5. The van der Waals surface area contributed by atoms with Gasteiger partial charge in [-0.3, -0.25) is 4.79 Å². The first-order chi connectivity index (χ1) is 9.51. The second-order valence-corrected chi connectivity index (χ2v) is 4.25. The fourth-order valence-electron chi connectivity index (χ4n) is 1.59. The molecule has 0 heterocycles. The number of hydrogen-bond donors (Lipinski definition) is 4. The van der Waals surface area contributed by atoms with Crippen molar-refractivity contribution in [3.8, 4) is 0 Å². The third-order valence-electron chi connectivity index (χ3n) is 2.58. The normalized spacial score (nSPS) is 11.7. The average Bonchev–Trinajstić information content (AvgIpc) is 2.40. The van der Waals surface area contributed by atoms with Gasteiger partial charge in [0.1, 0.15) is 5.82 Å². The smallest absolute Gasteiger partial charge is 0.315 e. The Labute approximate surface area is 115 Å². The number of aliphatic hydroxyl groups excluding tert-OH is 1. The van der Waals surface area contributed by atoms with Crippen molar-refractivity contribution < 1.29 is 24.2 Å². The van der Waals surface area contributed by atoms with Crippen LogP contribution in [0.25, 0.3) is 0 Å². The van der Waals surface area contributed by atoms with Crippen LogP contribution < -0.4 is 10.6 Å². The number of carboxylic acid groups (broad SMARTS) is 1. The minimum Gasteiger partial charge on any atom is -0.481 e. The molecule has 7 heteroatoms. The number of halogens is 1. The lowest BCUT2D eigenvalue weighted by Gasteiger charge is -2.16. The molecule has 0 aliphatic heterocycles. The van der Waals surface area contributed by atoms with Crippen LogP contribution in [0.4, 0.5) is 9.18 Å². The van der Waals surface area contributed by atoms with E-state index in [4.69, 9.17) is 5.11 Å². The minimum absolute atomic E-state index is 0.00979.